The lowest BCUT2D eigenvalue weighted by Gasteiger charge is -2.12. The number of anilines is 1. The van der Waals surface area contributed by atoms with Crippen LogP contribution in [0.2, 0.25) is 5.02 Å². The number of ether oxygens (including phenoxy) is 1. The molecule has 0 bridgehead atoms. The molecule has 0 atom stereocenters. The highest BCUT2D eigenvalue weighted by molar-refractivity contribution is 6.30. The number of nitriles is 1. The molecule has 31 heavy (non-hydrogen) atoms. The molecule has 5 heteroatoms. The number of carbonyl (C=O) groups excluding carboxylic acids is 1. The molecule has 0 saturated heterocycles. The fourth-order valence-electron chi connectivity index (χ4n) is 3.28. The van der Waals surface area contributed by atoms with Gasteiger partial charge in [0, 0.05) is 10.7 Å². The Labute approximate surface area is 187 Å². The van der Waals surface area contributed by atoms with Crippen LogP contribution in [0.1, 0.15) is 27.8 Å². The van der Waals surface area contributed by atoms with E-state index in [2.05, 4.69) is 5.32 Å². The predicted molar refractivity (Wildman–Crippen MR) is 125 cm³/mol. The standard InChI is InChI=1S/C26H23ClN2O2/c1-17-12-18(2)25(19(3)13-17)29-26(30)22(15-28)14-20-6-10-24(11-7-20)31-16-21-4-8-23(27)9-5-21/h4-14H,16H2,1-3H3,(H,29,30)/b22-14+. The number of halogens is 1. The van der Waals surface area contributed by atoms with Gasteiger partial charge in [0.25, 0.3) is 5.91 Å². The van der Waals surface area contributed by atoms with Crippen molar-refractivity contribution in [3.05, 3.63) is 99.1 Å². The molecule has 0 radical (unpaired) electrons. The Morgan fingerprint density at radius 3 is 2.23 bits per heavy atom. The van der Waals surface area contributed by atoms with Crippen LogP contribution in [0.3, 0.4) is 0 Å². The number of amides is 1. The van der Waals surface area contributed by atoms with Gasteiger partial charge in [-0.25, -0.2) is 0 Å². The first-order valence-electron chi connectivity index (χ1n) is 9.84. The molecule has 3 rings (SSSR count). The zero-order valence-corrected chi connectivity index (χ0v) is 18.5. The highest BCUT2D eigenvalue weighted by atomic mass is 35.5. The average Bonchev–Trinajstić information content (AvgIpc) is 2.75. The van der Waals surface area contributed by atoms with Crippen LogP contribution in [0, 0.1) is 32.1 Å². The van der Waals surface area contributed by atoms with E-state index in [1.165, 1.54) is 0 Å². The topological polar surface area (TPSA) is 62.1 Å². The van der Waals surface area contributed by atoms with Crippen LogP contribution in [-0.4, -0.2) is 5.91 Å². The minimum Gasteiger partial charge on any atom is -0.489 e. The highest BCUT2D eigenvalue weighted by Gasteiger charge is 2.13. The smallest absolute Gasteiger partial charge is 0.266 e. The van der Waals surface area contributed by atoms with Crippen LogP contribution in [-0.2, 0) is 11.4 Å². The minimum absolute atomic E-state index is 0.0363. The van der Waals surface area contributed by atoms with Gasteiger partial charge in [0.1, 0.15) is 24.0 Å². The summed E-state index contributed by atoms with van der Waals surface area (Å²) in [5.41, 5.74) is 5.58. The Balaban J connectivity index is 1.68. The van der Waals surface area contributed by atoms with Crippen molar-refractivity contribution in [3.63, 3.8) is 0 Å². The molecule has 0 fully saturated rings. The summed E-state index contributed by atoms with van der Waals surface area (Å²) in [5, 5.41) is 13.0. The lowest BCUT2D eigenvalue weighted by Crippen LogP contribution is -2.15. The highest BCUT2D eigenvalue weighted by Crippen LogP contribution is 2.23. The summed E-state index contributed by atoms with van der Waals surface area (Å²) in [7, 11) is 0. The van der Waals surface area contributed by atoms with Crippen LogP contribution < -0.4 is 10.1 Å². The van der Waals surface area contributed by atoms with E-state index in [-0.39, 0.29) is 5.57 Å². The normalized spacial score (nSPS) is 11.0. The van der Waals surface area contributed by atoms with Crippen molar-refractivity contribution >= 4 is 29.3 Å². The Kier molecular flexibility index (Phi) is 7.12. The van der Waals surface area contributed by atoms with Gasteiger partial charge in [-0.1, -0.05) is 53.6 Å². The molecular formula is C26H23ClN2O2. The number of benzene rings is 3. The largest absolute Gasteiger partial charge is 0.489 e. The second-order valence-electron chi connectivity index (χ2n) is 7.38. The van der Waals surface area contributed by atoms with E-state index in [0.717, 1.165) is 33.5 Å². The molecular weight excluding hydrogens is 408 g/mol. The van der Waals surface area contributed by atoms with Crippen molar-refractivity contribution in [2.24, 2.45) is 0 Å². The van der Waals surface area contributed by atoms with E-state index < -0.39 is 5.91 Å². The molecule has 4 nitrogen and oxygen atoms in total. The Morgan fingerprint density at radius 1 is 1.03 bits per heavy atom. The molecule has 0 aliphatic rings. The Morgan fingerprint density at radius 2 is 1.65 bits per heavy atom. The maximum absolute atomic E-state index is 12.7. The van der Waals surface area contributed by atoms with Crippen molar-refractivity contribution in [1.29, 1.82) is 5.26 Å². The second kappa shape index (κ2) is 9.97. The van der Waals surface area contributed by atoms with E-state index >= 15 is 0 Å². The maximum Gasteiger partial charge on any atom is 0.266 e. The second-order valence-corrected chi connectivity index (χ2v) is 7.82. The van der Waals surface area contributed by atoms with Crippen molar-refractivity contribution in [2.45, 2.75) is 27.4 Å². The van der Waals surface area contributed by atoms with Gasteiger partial charge in [0.15, 0.2) is 0 Å². The van der Waals surface area contributed by atoms with Crippen LogP contribution in [0.5, 0.6) is 5.75 Å². The third-order valence-electron chi connectivity index (χ3n) is 4.79. The van der Waals surface area contributed by atoms with Gasteiger partial charge >= 0.3 is 0 Å². The molecule has 156 valence electrons. The van der Waals surface area contributed by atoms with Gasteiger partial charge in [-0.15, -0.1) is 0 Å². The van der Waals surface area contributed by atoms with Crippen LogP contribution in [0.4, 0.5) is 5.69 Å². The van der Waals surface area contributed by atoms with Gasteiger partial charge in [-0.05, 0) is 73.4 Å². The predicted octanol–water partition coefficient (Wildman–Crippen LogP) is 6.39. The summed E-state index contributed by atoms with van der Waals surface area (Å²) < 4.78 is 5.77. The first-order valence-corrected chi connectivity index (χ1v) is 10.2. The molecule has 0 aliphatic heterocycles. The molecule has 3 aromatic rings. The van der Waals surface area contributed by atoms with Crippen molar-refractivity contribution in [1.82, 2.24) is 0 Å². The monoisotopic (exact) mass is 430 g/mol. The lowest BCUT2D eigenvalue weighted by molar-refractivity contribution is -0.112. The number of hydrogen-bond donors (Lipinski definition) is 1. The molecule has 0 unspecified atom stereocenters. The Hall–Kier alpha value is -3.55. The summed E-state index contributed by atoms with van der Waals surface area (Å²) in [4.78, 5) is 12.7. The summed E-state index contributed by atoms with van der Waals surface area (Å²) in [5.74, 6) is 0.265. The fraction of sp³-hybridized carbons (Fsp3) is 0.154. The van der Waals surface area contributed by atoms with Crippen molar-refractivity contribution in [3.8, 4) is 11.8 Å². The first-order chi connectivity index (χ1) is 14.9. The number of aryl methyl sites for hydroxylation is 3. The van der Waals surface area contributed by atoms with E-state index in [1.807, 2.05) is 87.5 Å². The molecule has 1 amide bonds. The molecule has 0 spiro atoms. The molecule has 1 N–H and O–H groups in total. The third-order valence-corrected chi connectivity index (χ3v) is 5.04. The van der Waals surface area contributed by atoms with Crippen LogP contribution in [0.25, 0.3) is 6.08 Å². The number of rotatable bonds is 6. The van der Waals surface area contributed by atoms with Crippen molar-refractivity contribution in [2.75, 3.05) is 5.32 Å². The Bertz CT molecular complexity index is 1130. The summed E-state index contributed by atoms with van der Waals surface area (Å²) in [6.07, 6.45) is 1.57. The van der Waals surface area contributed by atoms with Gasteiger partial charge in [-0.2, -0.15) is 5.26 Å². The van der Waals surface area contributed by atoms with E-state index in [1.54, 1.807) is 6.08 Å². The fourth-order valence-corrected chi connectivity index (χ4v) is 3.41. The lowest BCUT2D eigenvalue weighted by atomic mass is 10.0. The molecule has 3 aromatic carbocycles. The van der Waals surface area contributed by atoms with Gasteiger partial charge in [0.2, 0.25) is 0 Å². The van der Waals surface area contributed by atoms with Gasteiger partial charge in [0.05, 0.1) is 0 Å². The molecule has 0 heterocycles. The first kappa shape index (κ1) is 22.1. The summed E-state index contributed by atoms with van der Waals surface area (Å²) in [6.45, 7) is 6.31. The summed E-state index contributed by atoms with van der Waals surface area (Å²) >= 11 is 5.89. The quantitative estimate of drug-likeness (QED) is 0.364. The average molecular weight is 431 g/mol. The van der Waals surface area contributed by atoms with E-state index in [0.29, 0.717) is 17.4 Å². The number of carbonyl (C=O) groups is 1. The van der Waals surface area contributed by atoms with E-state index in [4.69, 9.17) is 16.3 Å². The SMILES string of the molecule is Cc1cc(C)c(NC(=O)/C(C#N)=C/c2ccc(OCc3ccc(Cl)cc3)cc2)c(C)c1. The number of nitrogens with one attached hydrogen (secondary N) is 1. The third kappa shape index (κ3) is 5.97. The number of hydrogen-bond acceptors (Lipinski definition) is 3. The van der Waals surface area contributed by atoms with Gasteiger partial charge in [-0.3, -0.25) is 4.79 Å². The number of nitrogens with zero attached hydrogens (tertiary/aromatic N) is 1. The summed E-state index contributed by atoms with van der Waals surface area (Å²) in [6, 6.07) is 20.7. The van der Waals surface area contributed by atoms with Gasteiger partial charge < -0.3 is 10.1 Å². The minimum atomic E-state index is -0.430. The van der Waals surface area contributed by atoms with E-state index in [9.17, 15) is 10.1 Å². The van der Waals surface area contributed by atoms with Crippen LogP contribution in [0.15, 0.2) is 66.2 Å². The van der Waals surface area contributed by atoms with Crippen LogP contribution >= 0.6 is 11.6 Å². The van der Waals surface area contributed by atoms with Crippen molar-refractivity contribution < 1.29 is 9.53 Å². The zero-order chi connectivity index (χ0) is 22.4. The molecule has 0 saturated carbocycles. The maximum atomic E-state index is 12.7. The molecule has 0 aliphatic carbocycles. The zero-order valence-electron chi connectivity index (χ0n) is 17.7. The molecule has 0 aromatic heterocycles.